The van der Waals surface area contributed by atoms with E-state index in [1.165, 1.54) is 0 Å². The van der Waals surface area contributed by atoms with Gasteiger partial charge in [-0.05, 0) is 38.5 Å². The highest BCUT2D eigenvalue weighted by Crippen LogP contribution is 2.02. The smallest absolute Gasteiger partial charge is 0.239 e. The van der Waals surface area contributed by atoms with E-state index >= 15 is 0 Å². The summed E-state index contributed by atoms with van der Waals surface area (Å²) < 4.78 is 0. The maximum Gasteiger partial charge on any atom is 0.239 e. The Morgan fingerprint density at radius 1 is 1.53 bits per heavy atom. The Balaban J connectivity index is 2.56. The first-order valence-electron chi connectivity index (χ1n) is 6.49. The monoisotopic (exact) mass is 260 g/mol. The number of hydrogen-bond acceptors (Lipinski definition) is 4. The van der Waals surface area contributed by atoms with Crippen LogP contribution in [0, 0.1) is 11.3 Å². The first-order valence-corrected chi connectivity index (χ1v) is 6.49. The quantitative estimate of drug-likeness (QED) is 0.837. The zero-order valence-electron chi connectivity index (χ0n) is 11.7. The van der Waals surface area contributed by atoms with Crippen molar-refractivity contribution in [3.8, 4) is 6.07 Å². The maximum atomic E-state index is 12.0. The van der Waals surface area contributed by atoms with Crippen LogP contribution in [0.2, 0.25) is 0 Å². The number of carbonyl (C=O) groups is 1. The van der Waals surface area contributed by atoms with Gasteiger partial charge in [-0.25, -0.2) is 4.98 Å². The lowest BCUT2D eigenvalue weighted by molar-refractivity contribution is -0.132. The van der Waals surface area contributed by atoms with Crippen LogP contribution in [0.15, 0.2) is 18.3 Å². The van der Waals surface area contributed by atoms with Crippen LogP contribution >= 0.6 is 0 Å². The molecule has 1 unspecified atom stereocenters. The molecule has 0 radical (unpaired) electrons. The van der Waals surface area contributed by atoms with Crippen LogP contribution in [0.1, 0.15) is 32.0 Å². The third kappa shape index (κ3) is 4.34. The number of amides is 1. The Kier molecular flexibility index (Phi) is 5.97. The number of nitrogens with zero attached hydrogens (tertiary/aromatic N) is 3. The lowest BCUT2D eigenvalue weighted by Gasteiger charge is -2.23. The van der Waals surface area contributed by atoms with Gasteiger partial charge in [-0.1, -0.05) is 0 Å². The van der Waals surface area contributed by atoms with Crippen LogP contribution < -0.4 is 5.32 Å². The van der Waals surface area contributed by atoms with Crippen LogP contribution in [0.25, 0.3) is 0 Å². The molecular weight excluding hydrogens is 240 g/mol. The largest absolute Gasteiger partial charge is 0.342 e. The van der Waals surface area contributed by atoms with Gasteiger partial charge in [-0.3, -0.25) is 4.79 Å². The van der Waals surface area contributed by atoms with E-state index in [1.807, 2.05) is 32.9 Å². The van der Waals surface area contributed by atoms with Crippen LogP contribution in [-0.4, -0.2) is 34.9 Å². The highest BCUT2D eigenvalue weighted by molar-refractivity contribution is 5.81. The highest BCUT2D eigenvalue weighted by atomic mass is 16.2. The minimum Gasteiger partial charge on any atom is -0.342 e. The fraction of sp³-hybridized carbons (Fsp3) is 0.500. The number of aromatic nitrogens is 1. The van der Waals surface area contributed by atoms with E-state index in [0.29, 0.717) is 12.2 Å². The Morgan fingerprint density at radius 3 is 2.79 bits per heavy atom. The van der Waals surface area contributed by atoms with Gasteiger partial charge in [0.2, 0.25) is 5.91 Å². The van der Waals surface area contributed by atoms with Crippen LogP contribution in [0.4, 0.5) is 0 Å². The first kappa shape index (κ1) is 15.1. The predicted octanol–water partition coefficient (Wildman–Crippen LogP) is 1.30. The summed E-state index contributed by atoms with van der Waals surface area (Å²) in [6.45, 7) is 7.77. The van der Waals surface area contributed by atoms with Crippen molar-refractivity contribution in [3.05, 3.63) is 29.6 Å². The summed E-state index contributed by atoms with van der Waals surface area (Å²) >= 11 is 0. The van der Waals surface area contributed by atoms with E-state index in [2.05, 4.69) is 10.3 Å². The molecule has 1 rings (SSSR count). The number of carbonyl (C=O) groups excluding carboxylic acids is 1. The van der Waals surface area contributed by atoms with E-state index in [0.717, 1.165) is 18.7 Å². The number of rotatable bonds is 6. The number of nitriles is 1. The molecule has 0 bridgehead atoms. The Morgan fingerprint density at radius 2 is 2.21 bits per heavy atom. The normalized spacial score (nSPS) is 11.7. The molecule has 0 aliphatic heterocycles. The lowest BCUT2D eigenvalue weighted by atomic mass is 10.2. The summed E-state index contributed by atoms with van der Waals surface area (Å²) in [4.78, 5) is 17.8. The van der Waals surface area contributed by atoms with Crippen LogP contribution in [-0.2, 0) is 11.3 Å². The number of likely N-dealkylation sites (N-methyl/N-ethyl adjacent to an activating group) is 1. The second-order valence-electron chi connectivity index (χ2n) is 4.27. The van der Waals surface area contributed by atoms with E-state index in [4.69, 9.17) is 5.26 Å². The van der Waals surface area contributed by atoms with Gasteiger partial charge in [0, 0.05) is 25.8 Å². The molecule has 1 aromatic rings. The maximum absolute atomic E-state index is 12.0. The number of nitrogens with one attached hydrogen (secondary N) is 1. The molecular formula is C14H20N4O. The van der Waals surface area contributed by atoms with Crippen molar-refractivity contribution in [2.24, 2.45) is 0 Å². The molecule has 5 heteroatoms. The summed E-state index contributed by atoms with van der Waals surface area (Å²) in [5.41, 5.74) is 1.34. The van der Waals surface area contributed by atoms with Crippen molar-refractivity contribution < 1.29 is 4.79 Å². The van der Waals surface area contributed by atoms with E-state index in [-0.39, 0.29) is 11.9 Å². The van der Waals surface area contributed by atoms with Gasteiger partial charge in [0.15, 0.2) is 0 Å². The van der Waals surface area contributed by atoms with Gasteiger partial charge in [0.05, 0.1) is 6.04 Å². The van der Waals surface area contributed by atoms with Gasteiger partial charge in [-0.2, -0.15) is 5.26 Å². The summed E-state index contributed by atoms with van der Waals surface area (Å²) in [6, 6.07) is 5.32. The van der Waals surface area contributed by atoms with Crippen molar-refractivity contribution in [2.75, 3.05) is 13.1 Å². The summed E-state index contributed by atoms with van der Waals surface area (Å²) in [7, 11) is 0. The van der Waals surface area contributed by atoms with E-state index in [9.17, 15) is 4.79 Å². The molecule has 5 nitrogen and oxygen atoms in total. The molecule has 102 valence electrons. The minimum absolute atomic E-state index is 0.0968. The van der Waals surface area contributed by atoms with Crippen molar-refractivity contribution in [1.29, 1.82) is 5.26 Å². The molecule has 0 saturated heterocycles. The van der Waals surface area contributed by atoms with Crippen molar-refractivity contribution >= 4 is 5.91 Å². The third-order valence-corrected chi connectivity index (χ3v) is 3.00. The van der Waals surface area contributed by atoms with Crippen LogP contribution in [0.3, 0.4) is 0 Å². The molecule has 0 aliphatic rings. The fourth-order valence-electron chi connectivity index (χ4n) is 1.81. The van der Waals surface area contributed by atoms with Gasteiger partial charge < -0.3 is 10.2 Å². The van der Waals surface area contributed by atoms with Crippen molar-refractivity contribution in [3.63, 3.8) is 0 Å². The second-order valence-corrected chi connectivity index (χ2v) is 4.27. The molecule has 0 saturated carbocycles. The van der Waals surface area contributed by atoms with Gasteiger partial charge >= 0.3 is 0 Å². The molecule has 0 aromatic carbocycles. The zero-order valence-corrected chi connectivity index (χ0v) is 11.7. The minimum atomic E-state index is -0.237. The molecule has 1 aromatic heterocycles. The summed E-state index contributed by atoms with van der Waals surface area (Å²) in [6.07, 6.45) is 1.60. The molecule has 0 aliphatic carbocycles. The Labute approximate surface area is 114 Å². The van der Waals surface area contributed by atoms with Gasteiger partial charge in [0.1, 0.15) is 11.8 Å². The molecule has 1 amide bonds. The topological polar surface area (TPSA) is 69.0 Å². The van der Waals surface area contributed by atoms with Gasteiger partial charge in [0.25, 0.3) is 0 Å². The summed E-state index contributed by atoms with van der Waals surface area (Å²) in [5.74, 6) is 0.0968. The average Bonchev–Trinajstić information content (AvgIpc) is 2.46. The first-order chi connectivity index (χ1) is 9.12. The Hall–Kier alpha value is -1.93. The standard InChI is InChI=1S/C14H20N4O/c1-4-18(5-2)14(19)11(3)17-10-12-6-7-16-13(8-12)9-15/h6-8,11,17H,4-5,10H2,1-3H3. The van der Waals surface area contributed by atoms with E-state index in [1.54, 1.807) is 17.2 Å². The van der Waals surface area contributed by atoms with Crippen molar-refractivity contribution in [2.45, 2.75) is 33.4 Å². The second kappa shape index (κ2) is 7.49. The molecule has 1 N–H and O–H groups in total. The molecule has 1 heterocycles. The zero-order chi connectivity index (χ0) is 14.3. The SMILES string of the molecule is CCN(CC)C(=O)C(C)NCc1ccnc(C#N)c1. The predicted molar refractivity (Wildman–Crippen MR) is 73.2 cm³/mol. The molecule has 1 atom stereocenters. The molecule has 0 fully saturated rings. The fourth-order valence-corrected chi connectivity index (χ4v) is 1.81. The van der Waals surface area contributed by atoms with Crippen molar-refractivity contribution in [1.82, 2.24) is 15.2 Å². The average molecular weight is 260 g/mol. The van der Waals surface area contributed by atoms with E-state index < -0.39 is 0 Å². The lowest BCUT2D eigenvalue weighted by Crippen LogP contribution is -2.44. The van der Waals surface area contributed by atoms with Gasteiger partial charge in [-0.15, -0.1) is 0 Å². The molecule has 19 heavy (non-hydrogen) atoms. The van der Waals surface area contributed by atoms with Crippen LogP contribution in [0.5, 0.6) is 0 Å². The highest BCUT2D eigenvalue weighted by Gasteiger charge is 2.17. The number of pyridine rings is 1. The molecule has 0 spiro atoms. The number of hydrogen-bond donors (Lipinski definition) is 1. The third-order valence-electron chi connectivity index (χ3n) is 3.00. The summed E-state index contributed by atoms with van der Waals surface area (Å²) in [5, 5.41) is 11.9. The Bertz CT molecular complexity index is 463.